The molecular formula is C12H23NO. The average molecular weight is 197 g/mol. The molecule has 0 aromatic carbocycles. The molecule has 1 atom stereocenters. The maximum absolute atomic E-state index is 7.01. The van der Waals surface area contributed by atoms with E-state index in [0.717, 1.165) is 31.8 Å². The van der Waals surface area contributed by atoms with E-state index in [1.165, 1.54) is 6.42 Å². The number of rotatable bonds is 7. The van der Waals surface area contributed by atoms with E-state index in [1.54, 1.807) is 7.11 Å². The minimum atomic E-state index is -0.166. The van der Waals surface area contributed by atoms with Gasteiger partial charge in [-0.3, -0.25) is 0 Å². The predicted molar refractivity (Wildman–Crippen MR) is 60.2 cm³/mol. The first kappa shape index (κ1) is 13.4. The zero-order valence-corrected chi connectivity index (χ0v) is 9.97. The third-order valence-electron chi connectivity index (χ3n) is 2.60. The summed E-state index contributed by atoms with van der Waals surface area (Å²) < 4.78 is 5.03. The van der Waals surface area contributed by atoms with Crippen LogP contribution in [0, 0.1) is 12.5 Å². The van der Waals surface area contributed by atoms with Gasteiger partial charge in [-0.05, 0) is 18.8 Å². The van der Waals surface area contributed by atoms with E-state index in [-0.39, 0.29) is 5.54 Å². The topological polar surface area (TPSA) is 13.6 Å². The van der Waals surface area contributed by atoms with Gasteiger partial charge in [0.25, 0.3) is 0 Å². The molecule has 0 aliphatic heterocycles. The van der Waals surface area contributed by atoms with E-state index >= 15 is 0 Å². The van der Waals surface area contributed by atoms with Crippen molar-refractivity contribution < 1.29 is 4.74 Å². The van der Waals surface area contributed by atoms with Gasteiger partial charge in [-0.1, -0.05) is 13.3 Å². The standard InChI is InChI=1S/C12H23NO/c1-11(8-10-14-5)7-6-9-12(2,3)13-4/h11H,6-10H2,1-3,5H3. The van der Waals surface area contributed by atoms with Gasteiger partial charge in [-0.25, -0.2) is 6.57 Å². The van der Waals surface area contributed by atoms with Crippen LogP contribution < -0.4 is 0 Å². The Morgan fingerprint density at radius 3 is 2.50 bits per heavy atom. The normalized spacial score (nSPS) is 13.6. The Morgan fingerprint density at radius 1 is 1.36 bits per heavy atom. The highest BCUT2D eigenvalue weighted by atomic mass is 16.5. The molecule has 0 heterocycles. The van der Waals surface area contributed by atoms with Crippen molar-refractivity contribution in [2.24, 2.45) is 5.92 Å². The lowest BCUT2D eigenvalue weighted by Crippen LogP contribution is -2.14. The molecule has 0 aliphatic carbocycles. The molecule has 2 heteroatoms. The summed E-state index contributed by atoms with van der Waals surface area (Å²) in [5, 5.41) is 0. The van der Waals surface area contributed by atoms with Crippen LogP contribution in [0.4, 0.5) is 0 Å². The Morgan fingerprint density at radius 2 is 2.00 bits per heavy atom. The summed E-state index contributed by atoms with van der Waals surface area (Å²) >= 11 is 0. The summed E-state index contributed by atoms with van der Waals surface area (Å²) in [5.74, 6) is 0.719. The van der Waals surface area contributed by atoms with Crippen LogP contribution in [0.15, 0.2) is 0 Å². The molecule has 0 spiro atoms. The van der Waals surface area contributed by atoms with Gasteiger partial charge in [0.1, 0.15) is 0 Å². The Kier molecular flexibility index (Phi) is 6.57. The lowest BCUT2D eigenvalue weighted by atomic mass is 9.94. The summed E-state index contributed by atoms with van der Waals surface area (Å²) in [6.45, 7) is 14.1. The molecule has 0 aromatic rings. The molecule has 0 aromatic heterocycles. The molecule has 0 radical (unpaired) electrons. The molecule has 0 fully saturated rings. The minimum absolute atomic E-state index is 0.166. The molecule has 0 N–H and O–H groups in total. The Balaban J connectivity index is 3.50. The van der Waals surface area contributed by atoms with Crippen molar-refractivity contribution in [3.8, 4) is 0 Å². The molecule has 0 rings (SSSR count). The summed E-state index contributed by atoms with van der Waals surface area (Å²) in [6, 6.07) is 0. The maximum Gasteiger partial charge on any atom is 0.227 e. The van der Waals surface area contributed by atoms with Gasteiger partial charge >= 0.3 is 0 Å². The highest BCUT2D eigenvalue weighted by molar-refractivity contribution is 4.88. The maximum atomic E-state index is 7.01. The van der Waals surface area contributed by atoms with Gasteiger partial charge in [-0.15, -0.1) is 0 Å². The fourth-order valence-electron chi connectivity index (χ4n) is 1.40. The van der Waals surface area contributed by atoms with Gasteiger partial charge in [0.15, 0.2) is 0 Å². The molecule has 0 bridgehead atoms. The van der Waals surface area contributed by atoms with Crippen LogP contribution >= 0.6 is 0 Å². The van der Waals surface area contributed by atoms with Crippen molar-refractivity contribution in [1.29, 1.82) is 0 Å². The van der Waals surface area contributed by atoms with Crippen LogP contribution in [-0.4, -0.2) is 19.3 Å². The molecule has 14 heavy (non-hydrogen) atoms. The highest BCUT2D eigenvalue weighted by Crippen LogP contribution is 2.20. The molecule has 0 amide bonds. The number of nitrogens with zero attached hydrogens (tertiary/aromatic N) is 1. The zero-order chi connectivity index (χ0) is 11.0. The number of ether oxygens (including phenoxy) is 1. The number of methoxy groups -OCH3 is 1. The molecule has 82 valence electrons. The van der Waals surface area contributed by atoms with Gasteiger partial charge in [0.2, 0.25) is 5.54 Å². The summed E-state index contributed by atoms with van der Waals surface area (Å²) in [5.41, 5.74) is -0.166. The quantitative estimate of drug-likeness (QED) is 0.569. The first-order chi connectivity index (χ1) is 6.52. The molecule has 0 saturated heterocycles. The van der Waals surface area contributed by atoms with E-state index in [1.807, 2.05) is 13.8 Å². The van der Waals surface area contributed by atoms with Gasteiger partial charge in [0, 0.05) is 34.0 Å². The van der Waals surface area contributed by atoms with Gasteiger partial charge < -0.3 is 9.58 Å². The van der Waals surface area contributed by atoms with E-state index in [9.17, 15) is 0 Å². The minimum Gasteiger partial charge on any atom is -0.385 e. The largest absolute Gasteiger partial charge is 0.385 e. The third-order valence-corrected chi connectivity index (χ3v) is 2.60. The fraction of sp³-hybridized carbons (Fsp3) is 0.917. The SMILES string of the molecule is [C-]#[N+]C(C)(C)CCCC(C)CCOC. The summed E-state index contributed by atoms with van der Waals surface area (Å²) in [6.07, 6.45) is 4.51. The number of hydrogen-bond acceptors (Lipinski definition) is 1. The van der Waals surface area contributed by atoms with Crippen molar-refractivity contribution in [3.05, 3.63) is 11.4 Å². The van der Waals surface area contributed by atoms with Crippen molar-refractivity contribution in [2.75, 3.05) is 13.7 Å². The second kappa shape index (κ2) is 6.84. The summed E-state index contributed by atoms with van der Waals surface area (Å²) in [4.78, 5) is 3.60. The van der Waals surface area contributed by atoms with Crippen molar-refractivity contribution in [3.63, 3.8) is 0 Å². The monoisotopic (exact) mass is 197 g/mol. The predicted octanol–water partition coefficient (Wildman–Crippen LogP) is 3.53. The Labute approximate surface area is 88.5 Å². The van der Waals surface area contributed by atoms with Crippen molar-refractivity contribution >= 4 is 0 Å². The first-order valence-electron chi connectivity index (χ1n) is 5.39. The fourth-order valence-corrected chi connectivity index (χ4v) is 1.40. The van der Waals surface area contributed by atoms with Crippen LogP contribution in [0.25, 0.3) is 4.85 Å². The van der Waals surface area contributed by atoms with Crippen molar-refractivity contribution in [1.82, 2.24) is 0 Å². The lowest BCUT2D eigenvalue weighted by Gasteiger charge is -2.13. The van der Waals surface area contributed by atoms with Crippen LogP contribution in [0.3, 0.4) is 0 Å². The number of hydrogen-bond donors (Lipinski definition) is 0. The molecule has 2 nitrogen and oxygen atoms in total. The van der Waals surface area contributed by atoms with E-state index in [2.05, 4.69) is 11.8 Å². The molecule has 0 aliphatic rings. The second-order valence-electron chi connectivity index (χ2n) is 4.70. The van der Waals surface area contributed by atoms with Crippen LogP contribution in [0.2, 0.25) is 0 Å². The lowest BCUT2D eigenvalue weighted by molar-refractivity contribution is 0.177. The van der Waals surface area contributed by atoms with E-state index in [0.29, 0.717) is 0 Å². The van der Waals surface area contributed by atoms with Crippen molar-refractivity contribution in [2.45, 2.75) is 52.0 Å². The van der Waals surface area contributed by atoms with Crippen LogP contribution in [0.5, 0.6) is 0 Å². The Bertz CT molecular complexity index is 181. The van der Waals surface area contributed by atoms with Gasteiger partial charge in [0.05, 0.1) is 0 Å². The van der Waals surface area contributed by atoms with E-state index in [4.69, 9.17) is 11.3 Å². The third kappa shape index (κ3) is 6.91. The zero-order valence-electron chi connectivity index (χ0n) is 9.97. The molecule has 0 saturated carbocycles. The Hall–Kier alpha value is -0.550. The van der Waals surface area contributed by atoms with Crippen LogP contribution in [-0.2, 0) is 4.74 Å². The smallest absolute Gasteiger partial charge is 0.227 e. The second-order valence-corrected chi connectivity index (χ2v) is 4.70. The summed E-state index contributed by atoms with van der Waals surface area (Å²) in [7, 11) is 1.74. The van der Waals surface area contributed by atoms with Crippen LogP contribution in [0.1, 0.15) is 46.5 Å². The van der Waals surface area contributed by atoms with E-state index < -0.39 is 0 Å². The first-order valence-corrected chi connectivity index (χ1v) is 5.39. The average Bonchev–Trinajstić information content (AvgIpc) is 2.14. The highest BCUT2D eigenvalue weighted by Gasteiger charge is 2.21. The molecule has 1 unspecified atom stereocenters. The molecular weight excluding hydrogens is 174 g/mol. The van der Waals surface area contributed by atoms with Gasteiger partial charge in [-0.2, -0.15) is 0 Å².